The van der Waals surface area contributed by atoms with Crippen LogP contribution in [0.5, 0.6) is 5.75 Å². The molecule has 1 aliphatic rings. The molecule has 0 saturated carbocycles. The Morgan fingerprint density at radius 1 is 1.15 bits per heavy atom. The highest BCUT2D eigenvalue weighted by Crippen LogP contribution is 2.27. The maximum absolute atomic E-state index is 12.9. The van der Waals surface area contributed by atoms with Crippen LogP contribution < -0.4 is 10.1 Å². The Morgan fingerprint density at radius 2 is 2.00 bits per heavy atom. The molecular weight excluding hydrogens is 369 g/mol. The minimum Gasteiger partial charge on any atom is -0.484 e. The van der Waals surface area contributed by atoms with Crippen LogP contribution in [0.2, 0.25) is 0 Å². The number of nitrogens with zero attached hydrogens (tertiary/aromatic N) is 2. The summed E-state index contributed by atoms with van der Waals surface area (Å²) >= 11 is 1.38. The molecule has 1 N–H and O–H groups in total. The van der Waals surface area contributed by atoms with Gasteiger partial charge in [0.05, 0.1) is 0 Å². The number of hydrogen-bond acceptors (Lipinski definition) is 6. The third-order valence-electron chi connectivity index (χ3n) is 4.06. The summed E-state index contributed by atoms with van der Waals surface area (Å²) in [5.41, 5.74) is 2.85. The van der Waals surface area contributed by atoms with Crippen molar-refractivity contribution in [1.82, 2.24) is 10.2 Å². The van der Waals surface area contributed by atoms with Crippen LogP contribution in [0.1, 0.15) is 23.4 Å². The van der Waals surface area contributed by atoms with E-state index < -0.39 is 0 Å². The number of ether oxygens (including phenoxy) is 1. The average Bonchev–Trinajstić information content (AvgIpc) is 3.14. The van der Waals surface area contributed by atoms with Gasteiger partial charge < -0.3 is 14.5 Å². The highest BCUT2D eigenvalue weighted by atomic mass is 32.2. The quantitative estimate of drug-likeness (QED) is 0.647. The van der Waals surface area contributed by atoms with Gasteiger partial charge in [0.1, 0.15) is 11.6 Å². The Bertz CT molecular complexity index is 959. The van der Waals surface area contributed by atoms with Gasteiger partial charge in [0.25, 0.3) is 11.1 Å². The fourth-order valence-corrected chi connectivity index (χ4v) is 3.41. The first-order valence-electron chi connectivity index (χ1n) is 8.41. The topological polar surface area (TPSA) is 77.2 Å². The van der Waals surface area contributed by atoms with E-state index in [1.54, 1.807) is 18.2 Å². The number of rotatable bonds is 6. The molecule has 0 bridgehead atoms. The fourth-order valence-electron chi connectivity index (χ4n) is 2.68. The van der Waals surface area contributed by atoms with Crippen LogP contribution in [0.4, 0.5) is 10.1 Å². The van der Waals surface area contributed by atoms with Crippen molar-refractivity contribution in [2.24, 2.45) is 0 Å². The second kappa shape index (κ2) is 7.79. The number of amides is 1. The van der Waals surface area contributed by atoms with Crippen molar-refractivity contribution in [1.29, 1.82) is 0 Å². The highest BCUT2D eigenvalue weighted by molar-refractivity contribution is 7.98. The minimum absolute atomic E-state index is 0.0349. The van der Waals surface area contributed by atoms with E-state index in [2.05, 4.69) is 15.5 Å². The van der Waals surface area contributed by atoms with E-state index in [1.165, 1.54) is 23.9 Å². The van der Waals surface area contributed by atoms with Crippen molar-refractivity contribution in [3.8, 4) is 5.75 Å². The summed E-state index contributed by atoms with van der Waals surface area (Å²) < 4.78 is 24.2. The first-order chi connectivity index (χ1) is 13.2. The molecule has 6 nitrogen and oxygen atoms in total. The van der Waals surface area contributed by atoms with Gasteiger partial charge in [-0.05, 0) is 47.9 Å². The molecule has 1 aromatic heterocycles. The lowest BCUT2D eigenvalue weighted by Gasteiger charge is -2.17. The van der Waals surface area contributed by atoms with E-state index in [9.17, 15) is 9.18 Å². The van der Waals surface area contributed by atoms with Crippen LogP contribution in [0.15, 0.2) is 52.1 Å². The van der Waals surface area contributed by atoms with E-state index in [0.29, 0.717) is 35.5 Å². The summed E-state index contributed by atoms with van der Waals surface area (Å²) in [5.74, 6) is 1.45. The Kier molecular flexibility index (Phi) is 5.06. The highest BCUT2D eigenvalue weighted by Gasteiger charge is 2.15. The largest absolute Gasteiger partial charge is 0.484 e. The molecular formula is C19H16FN3O3S. The summed E-state index contributed by atoms with van der Waals surface area (Å²) in [6, 6.07) is 11.8. The Hall–Kier alpha value is -2.87. The molecule has 2 aromatic carbocycles. The van der Waals surface area contributed by atoms with Crippen LogP contribution >= 0.6 is 11.8 Å². The van der Waals surface area contributed by atoms with Gasteiger partial charge in [-0.1, -0.05) is 23.9 Å². The van der Waals surface area contributed by atoms with Crippen LogP contribution in [0.25, 0.3) is 0 Å². The summed E-state index contributed by atoms with van der Waals surface area (Å²) in [6.45, 7) is 0.162. The molecule has 1 amide bonds. The summed E-state index contributed by atoms with van der Waals surface area (Å²) in [6.07, 6.45) is 1.18. The standard InChI is InChI=1S/C19H16FN3O3S/c20-14-4-1-12(2-5-14)11-27-19-23-22-18(26-19)10-25-15-6-7-16-13(9-15)3-8-17(24)21-16/h1-2,4-7,9H,3,8,10-11H2,(H,21,24). The number of hydrogen-bond donors (Lipinski definition) is 1. The number of benzene rings is 2. The van der Waals surface area contributed by atoms with Crippen molar-refractivity contribution in [3.05, 3.63) is 65.3 Å². The zero-order chi connectivity index (χ0) is 18.6. The van der Waals surface area contributed by atoms with Gasteiger partial charge in [-0.25, -0.2) is 4.39 Å². The average molecular weight is 385 g/mol. The molecule has 138 valence electrons. The second-order valence-corrected chi connectivity index (χ2v) is 6.96. The number of aryl methyl sites for hydroxylation is 1. The molecule has 1 aliphatic heterocycles. The second-order valence-electron chi connectivity index (χ2n) is 6.03. The van der Waals surface area contributed by atoms with Crippen LogP contribution in [-0.2, 0) is 23.6 Å². The Balaban J connectivity index is 1.32. The van der Waals surface area contributed by atoms with E-state index in [1.807, 2.05) is 12.1 Å². The lowest BCUT2D eigenvalue weighted by atomic mass is 10.0. The third kappa shape index (κ3) is 4.46. The number of carbonyl (C=O) groups excluding carboxylic acids is 1. The molecule has 27 heavy (non-hydrogen) atoms. The van der Waals surface area contributed by atoms with E-state index in [4.69, 9.17) is 9.15 Å². The summed E-state index contributed by atoms with van der Waals surface area (Å²) in [7, 11) is 0. The lowest BCUT2D eigenvalue weighted by molar-refractivity contribution is -0.116. The number of fused-ring (bicyclic) bond motifs is 1. The molecule has 0 spiro atoms. The molecule has 0 saturated heterocycles. The predicted octanol–water partition coefficient (Wildman–Crippen LogP) is 3.96. The van der Waals surface area contributed by atoms with Gasteiger partial charge in [-0.15, -0.1) is 10.2 Å². The summed E-state index contributed by atoms with van der Waals surface area (Å²) in [4.78, 5) is 11.4. The lowest BCUT2D eigenvalue weighted by Crippen LogP contribution is -2.18. The monoisotopic (exact) mass is 385 g/mol. The van der Waals surface area contributed by atoms with Crippen LogP contribution in [0.3, 0.4) is 0 Å². The van der Waals surface area contributed by atoms with Gasteiger partial charge in [-0.2, -0.15) is 0 Å². The molecule has 0 unspecified atom stereocenters. The molecule has 0 radical (unpaired) electrons. The molecule has 8 heteroatoms. The van der Waals surface area contributed by atoms with Gasteiger partial charge in [0.15, 0.2) is 6.61 Å². The van der Waals surface area contributed by atoms with Crippen molar-refractivity contribution in [2.75, 3.05) is 5.32 Å². The Morgan fingerprint density at radius 3 is 2.85 bits per heavy atom. The van der Waals surface area contributed by atoms with Gasteiger partial charge in [-0.3, -0.25) is 4.79 Å². The van der Waals surface area contributed by atoms with Gasteiger partial charge >= 0.3 is 0 Å². The number of carbonyl (C=O) groups is 1. The SMILES string of the molecule is O=C1CCc2cc(OCc3nnc(SCc4ccc(F)cc4)o3)ccc2N1. The zero-order valence-electron chi connectivity index (χ0n) is 14.3. The van der Waals surface area contributed by atoms with Crippen molar-refractivity contribution >= 4 is 23.4 Å². The first-order valence-corrected chi connectivity index (χ1v) is 9.39. The van der Waals surface area contributed by atoms with Crippen molar-refractivity contribution in [2.45, 2.75) is 30.4 Å². The number of aromatic nitrogens is 2. The third-order valence-corrected chi connectivity index (χ3v) is 4.95. The van der Waals surface area contributed by atoms with E-state index in [-0.39, 0.29) is 18.3 Å². The molecule has 3 aromatic rings. The first kappa shape index (κ1) is 17.5. The molecule has 0 aliphatic carbocycles. The number of thioether (sulfide) groups is 1. The molecule has 0 fully saturated rings. The van der Waals surface area contributed by atoms with E-state index >= 15 is 0 Å². The smallest absolute Gasteiger partial charge is 0.277 e. The van der Waals surface area contributed by atoms with Gasteiger partial charge in [0.2, 0.25) is 5.91 Å². The molecule has 4 rings (SSSR count). The Labute approximate surface area is 159 Å². The van der Waals surface area contributed by atoms with Gasteiger partial charge in [0, 0.05) is 17.9 Å². The maximum Gasteiger partial charge on any atom is 0.277 e. The normalized spacial score (nSPS) is 13.1. The van der Waals surface area contributed by atoms with Crippen LogP contribution in [0, 0.1) is 5.82 Å². The minimum atomic E-state index is -0.259. The number of halogens is 1. The molecule has 0 atom stereocenters. The van der Waals surface area contributed by atoms with Crippen LogP contribution in [-0.4, -0.2) is 16.1 Å². The molecule has 2 heterocycles. The summed E-state index contributed by atoms with van der Waals surface area (Å²) in [5, 5.41) is 11.2. The number of nitrogens with one attached hydrogen (secondary N) is 1. The zero-order valence-corrected chi connectivity index (χ0v) is 15.1. The predicted molar refractivity (Wildman–Crippen MR) is 98.0 cm³/mol. The van der Waals surface area contributed by atoms with Crippen molar-refractivity contribution < 1.29 is 18.3 Å². The van der Waals surface area contributed by atoms with Crippen molar-refractivity contribution in [3.63, 3.8) is 0 Å². The number of anilines is 1. The maximum atomic E-state index is 12.9. The van der Waals surface area contributed by atoms with E-state index in [0.717, 1.165) is 16.8 Å². The fraction of sp³-hybridized carbons (Fsp3) is 0.211.